The van der Waals surface area contributed by atoms with Crippen LogP contribution in [0.2, 0.25) is 0 Å². The van der Waals surface area contributed by atoms with Crippen molar-refractivity contribution >= 4 is 34.0 Å². The van der Waals surface area contributed by atoms with Crippen LogP contribution in [-0.4, -0.2) is 11.9 Å². The Bertz CT molecular complexity index is 1390. The van der Waals surface area contributed by atoms with Crippen LogP contribution in [-0.2, 0) is 19.1 Å². The van der Waals surface area contributed by atoms with E-state index < -0.39 is 23.0 Å². The van der Waals surface area contributed by atoms with Gasteiger partial charge >= 0.3 is 11.9 Å². The maximum atomic E-state index is 13.3. The Morgan fingerprint density at radius 3 is 1.73 bits per heavy atom. The van der Waals surface area contributed by atoms with Crippen LogP contribution < -0.4 is 0 Å². The Labute approximate surface area is 223 Å². The molecule has 4 aromatic rings. The molecule has 0 N–H and O–H groups in total. The quantitative estimate of drug-likeness (QED) is 0.243. The molecule has 0 saturated heterocycles. The molecule has 0 radical (unpaired) electrons. The van der Waals surface area contributed by atoms with E-state index >= 15 is 0 Å². The van der Waals surface area contributed by atoms with E-state index in [1.807, 2.05) is 126 Å². The smallest absolute Gasteiger partial charge is 0.312 e. The van der Waals surface area contributed by atoms with Gasteiger partial charge in [0.05, 0.1) is 10.8 Å². The summed E-state index contributed by atoms with van der Waals surface area (Å²) in [6.45, 7) is 11.1. The van der Waals surface area contributed by atoms with Crippen LogP contribution in [0, 0.1) is 10.8 Å². The Balaban J connectivity index is 1.92. The first-order chi connectivity index (χ1) is 17.5. The molecule has 0 aliphatic rings. The molecule has 5 heteroatoms. The highest BCUT2D eigenvalue weighted by Gasteiger charge is 2.34. The molecule has 37 heavy (non-hydrogen) atoms. The van der Waals surface area contributed by atoms with Crippen LogP contribution in [0.3, 0.4) is 0 Å². The molecule has 4 nitrogen and oxygen atoms in total. The number of thiophene rings is 1. The first-order valence-electron chi connectivity index (χ1n) is 12.5. The zero-order valence-electron chi connectivity index (χ0n) is 22.3. The third kappa shape index (κ3) is 5.94. The van der Waals surface area contributed by atoms with Gasteiger partial charge in [0.1, 0.15) is 0 Å². The van der Waals surface area contributed by atoms with Crippen molar-refractivity contribution in [1.29, 1.82) is 0 Å². The van der Waals surface area contributed by atoms with Crippen LogP contribution >= 0.6 is 11.3 Å². The molecule has 1 heterocycles. The first-order valence-corrected chi connectivity index (χ1v) is 13.4. The van der Waals surface area contributed by atoms with E-state index in [1.54, 1.807) is 0 Å². The van der Waals surface area contributed by atoms with E-state index in [4.69, 9.17) is 9.47 Å². The van der Waals surface area contributed by atoms with Gasteiger partial charge in [-0.1, -0.05) is 72.8 Å². The van der Waals surface area contributed by atoms with Crippen molar-refractivity contribution < 1.29 is 19.1 Å². The van der Waals surface area contributed by atoms with Gasteiger partial charge < -0.3 is 9.47 Å². The number of carbonyl (C=O) groups excluding carboxylic acids is 2. The summed E-state index contributed by atoms with van der Waals surface area (Å²) in [6.07, 6.45) is -1.32. The molecule has 0 spiro atoms. The summed E-state index contributed by atoms with van der Waals surface area (Å²) in [7, 11) is 0. The number of benzene rings is 3. The second-order valence-electron chi connectivity index (χ2n) is 11.3. The van der Waals surface area contributed by atoms with E-state index in [0.29, 0.717) is 0 Å². The molecule has 1 aromatic heterocycles. The fraction of sp³-hybridized carbons (Fsp3) is 0.312. The van der Waals surface area contributed by atoms with Crippen LogP contribution in [0.15, 0.2) is 84.2 Å². The molecule has 0 aliphatic carbocycles. The number of esters is 2. The minimum Gasteiger partial charge on any atom is -0.452 e. The summed E-state index contributed by atoms with van der Waals surface area (Å²) in [4.78, 5) is 27.3. The molecule has 192 valence electrons. The maximum Gasteiger partial charge on any atom is 0.312 e. The minimum atomic E-state index is -0.691. The standard InChI is InChI=1S/C32H34O4S/c1-31(2,3)29(33)35-27(23-18-11-14-21-13-7-8-15-22(21)23)24-16-9-10-17-25(24)28(26-19-12-20-37-26)36-30(34)32(4,5)6/h7-20,27-28H,1-6H3. The summed E-state index contributed by atoms with van der Waals surface area (Å²) < 4.78 is 12.5. The van der Waals surface area contributed by atoms with Crippen LogP contribution in [0.1, 0.15) is 75.3 Å². The number of carbonyl (C=O) groups is 2. The second kappa shape index (κ2) is 10.5. The highest BCUT2D eigenvalue weighted by atomic mass is 32.1. The van der Waals surface area contributed by atoms with Crippen molar-refractivity contribution in [3.63, 3.8) is 0 Å². The average molecular weight is 515 g/mol. The predicted octanol–water partition coefficient (Wildman–Crippen LogP) is 8.26. The monoisotopic (exact) mass is 514 g/mol. The van der Waals surface area contributed by atoms with Gasteiger partial charge in [-0.05, 0) is 63.8 Å². The van der Waals surface area contributed by atoms with Crippen LogP contribution in [0.4, 0.5) is 0 Å². The van der Waals surface area contributed by atoms with Crippen molar-refractivity contribution in [1.82, 2.24) is 0 Å². The van der Waals surface area contributed by atoms with Gasteiger partial charge in [-0.25, -0.2) is 0 Å². The lowest BCUT2D eigenvalue weighted by molar-refractivity contribution is -0.158. The molecule has 2 atom stereocenters. The van der Waals surface area contributed by atoms with E-state index in [-0.39, 0.29) is 11.9 Å². The predicted molar refractivity (Wildman–Crippen MR) is 149 cm³/mol. The minimum absolute atomic E-state index is 0.297. The summed E-state index contributed by atoms with van der Waals surface area (Å²) >= 11 is 1.53. The lowest BCUT2D eigenvalue weighted by atomic mass is 9.89. The van der Waals surface area contributed by atoms with Crippen LogP contribution in [0.25, 0.3) is 10.8 Å². The highest BCUT2D eigenvalue weighted by Crippen LogP contribution is 2.41. The zero-order chi connectivity index (χ0) is 26.8. The second-order valence-corrected chi connectivity index (χ2v) is 12.3. The van der Waals surface area contributed by atoms with E-state index in [0.717, 1.165) is 32.3 Å². The molecular formula is C32H34O4S. The van der Waals surface area contributed by atoms with E-state index in [1.165, 1.54) is 11.3 Å². The third-order valence-corrected chi connectivity index (χ3v) is 7.06. The van der Waals surface area contributed by atoms with Gasteiger partial charge in [0.2, 0.25) is 0 Å². The molecule has 0 amide bonds. The molecule has 4 rings (SSSR count). The summed E-state index contributed by atoms with van der Waals surface area (Å²) in [6, 6.07) is 25.8. The van der Waals surface area contributed by atoms with Crippen molar-refractivity contribution in [2.24, 2.45) is 10.8 Å². The lowest BCUT2D eigenvalue weighted by Gasteiger charge is -2.29. The fourth-order valence-corrected chi connectivity index (χ4v) is 4.82. The fourth-order valence-electron chi connectivity index (χ4n) is 4.04. The Kier molecular flexibility index (Phi) is 7.56. The van der Waals surface area contributed by atoms with Crippen molar-refractivity contribution in [2.75, 3.05) is 0 Å². The number of rotatable bonds is 6. The molecule has 0 fully saturated rings. The number of hydrogen-bond donors (Lipinski definition) is 0. The van der Waals surface area contributed by atoms with Gasteiger partial charge in [-0.15, -0.1) is 11.3 Å². The Morgan fingerprint density at radius 1 is 0.622 bits per heavy atom. The maximum absolute atomic E-state index is 13.3. The molecule has 0 aliphatic heterocycles. The van der Waals surface area contributed by atoms with E-state index in [2.05, 4.69) is 0 Å². The summed E-state index contributed by atoms with van der Waals surface area (Å²) in [5.41, 5.74) is 1.11. The largest absolute Gasteiger partial charge is 0.452 e. The lowest BCUT2D eigenvalue weighted by Crippen LogP contribution is -2.27. The van der Waals surface area contributed by atoms with Gasteiger partial charge in [-0.3, -0.25) is 9.59 Å². The third-order valence-electron chi connectivity index (χ3n) is 6.14. The van der Waals surface area contributed by atoms with Gasteiger partial charge in [-0.2, -0.15) is 0 Å². The van der Waals surface area contributed by atoms with Crippen molar-refractivity contribution in [3.05, 3.63) is 106 Å². The summed E-state index contributed by atoms with van der Waals surface area (Å²) in [5.74, 6) is -0.603. The van der Waals surface area contributed by atoms with Gasteiger partial charge in [0.15, 0.2) is 12.2 Å². The number of ether oxygens (including phenoxy) is 2. The van der Waals surface area contributed by atoms with Gasteiger partial charge in [0.25, 0.3) is 0 Å². The van der Waals surface area contributed by atoms with Crippen LogP contribution in [0.5, 0.6) is 0 Å². The number of hydrogen-bond acceptors (Lipinski definition) is 5. The molecule has 0 bridgehead atoms. The zero-order valence-corrected chi connectivity index (χ0v) is 23.1. The first kappa shape index (κ1) is 26.6. The normalized spacial score (nSPS) is 13.7. The molecule has 0 saturated carbocycles. The average Bonchev–Trinajstić information content (AvgIpc) is 3.39. The van der Waals surface area contributed by atoms with Gasteiger partial charge in [0, 0.05) is 21.6 Å². The Morgan fingerprint density at radius 2 is 1.14 bits per heavy atom. The topological polar surface area (TPSA) is 52.6 Å². The molecule has 3 aromatic carbocycles. The van der Waals surface area contributed by atoms with E-state index in [9.17, 15) is 9.59 Å². The summed E-state index contributed by atoms with van der Waals surface area (Å²) in [5, 5.41) is 4.03. The molecule has 2 unspecified atom stereocenters. The molecular weight excluding hydrogens is 480 g/mol. The van der Waals surface area contributed by atoms with Crippen molar-refractivity contribution in [2.45, 2.75) is 53.8 Å². The Hall–Kier alpha value is -3.44. The number of fused-ring (bicyclic) bond motifs is 1. The van der Waals surface area contributed by atoms with Crippen molar-refractivity contribution in [3.8, 4) is 0 Å². The highest BCUT2D eigenvalue weighted by molar-refractivity contribution is 7.10. The SMILES string of the molecule is CC(C)(C)C(=O)OC(c1cccs1)c1ccccc1C(OC(=O)C(C)(C)C)c1cccc2ccccc12.